The lowest BCUT2D eigenvalue weighted by Gasteiger charge is -2.35. The summed E-state index contributed by atoms with van der Waals surface area (Å²) in [5, 5.41) is 7.84. The van der Waals surface area contributed by atoms with Crippen molar-refractivity contribution in [2.24, 2.45) is 4.99 Å². The second kappa shape index (κ2) is 12.9. The number of guanidine groups is 1. The van der Waals surface area contributed by atoms with E-state index in [0.29, 0.717) is 6.04 Å². The summed E-state index contributed by atoms with van der Waals surface area (Å²) in [6, 6.07) is 9.05. The summed E-state index contributed by atoms with van der Waals surface area (Å²) in [7, 11) is 1.84. The van der Waals surface area contributed by atoms with Crippen LogP contribution in [0.5, 0.6) is 0 Å². The minimum absolute atomic E-state index is 0. The molecule has 0 amide bonds. The van der Waals surface area contributed by atoms with E-state index >= 15 is 0 Å². The first-order chi connectivity index (χ1) is 13.7. The number of morpholine rings is 1. The molecular formula is C21H35ClIN5O. The predicted octanol–water partition coefficient (Wildman–Crippen LogP) is 2.98. The molecule has 2 atom stereocenters. The van der Waals surface area contributed by atoms with Gasteiger partial charge in [-0.1, -0.05) is 30.7 Å². The van der Waals surface area contributed by atoms with Crippen LogP contribution in [0.25, 0.3) is 0 Å². The number of nitrogens with zero attached hydrogens (tertiary/aromatic N) is 3. The smallest absolute Gasteiger partial charge is 0.191 e. The predicted molar refractivity (Wildman–Crippen MR) is 132 cm³/mol. The molecule has 2 heterocycles. The number of likely N-dealkylation sites (N-methyl/N-ethyl adjacent to an activating group) is 1. The zero-order valence-corrected chi connectivity index (χ0v) is 20.7. The topological polar surface area (TPSA) is 52.1 Å². The molecule has 8 heteroatoms. The monoisotopic (exact) mass is 535 g/mol. The SMILES string of the molecule is CCN1CCCC1CNC(=NC)NCC(c1ccc(Cl)cc1)N1CCOCC1.I. The summed E-state index contributed by atoms with van der Waals surface area (Å²) in [6.45, 7) is 9.75. The molecule has 2 N–H and O–H groups in total. The number of hydrogen-bond acceptors (Lipinski definition) is 4. The summed E-state index contributed by atoms with van der Waals surface area (Å²) in [5.41, 5.74) is 1.27. The molecule has 2 aliphatic heterocycles. The maximum absolute atomic E-state index is 6.10. The van der Waals surface area contributed by atoms with Crippen LogP contribution >= 0.6 is 35.6 Å². The van der Waals surface area contributed by atoms with Crippen molar-refractivity contribution < 1.29 is 4.74 Å². The van der Waals surface area contributed by atoms with E-state index < -0.39 is 0 Å². The van der Waals surface area contributed by atoms with E-state index in [9.17, 15) is 0 Å². The molecule has 0 saturated carbocycles. The Bertz CT molecular complexity index is 624. The van der Waals surface area contributed by atoms with Crippen LogP contribution in [-0.2, 0) is 4.74 Å². The van der Waals surface area contributed by atoms with Crippen LogP contribution in [0.15, 0.2) is 29.3 Å². The summed E-state index contributed by atoms with van der Waals surface area (Å²) in [4.78, 5) is 9.46. The van der Waals surface area contributed by atoms with Gasteiger partial charge in [0.05, 0.1) is 19.3 Å². The van der Waals surface area contributed by atoms with E-state index in [1.165, 1.54) is 24.9 Å². The van der Waals surface area contributed by atoms with Crippen molar-refractivity contribution >= 4 is 41.5 Å². The molecule has 0 aliphatic carbocycles. The summed E-state index contributed by atoms with van der Waals surface area (Å²) >= 11 is 6.10. The molecule has 0 bridgehead atoms. The fraction of sp³-hybridized carbons (Fsp3) is 0.667. The first-order valence-corrected chi connectivity index (χ1v) is 10.8. The van der Waals surface area contributed by atoms with Gasteiger partial charge < -0.3 is 15.4 Å². The van der Waals surface area contributed by atoms with Crippen LogP contribution in [0.2, 0.25) is 5.02 Å². The number of hydrogen-bond donors (Lipinski definition) is 2. The molecule has 3 rings (SSSR count). The number of rotatable bonds is 7. The molecule has 0 spiro atoms. The molecule has 1 aromatic rings. The highest BCUT2D eigenvalue weighted by molar-refractivity contribution is 14.0. The molecule has 0 aromatic heterocycles. The first-order valence-electron chi connectivity index (χ1n) is 10.5. The van der Waals surface area contributed by atoms with Crippen molar-refractivity contribution in [3.05, 3.63) is 34.9 Å². The summed E-state index contributed by atoms with van der Waals surface area (Å²) in [5.74, 6) is 0.871. The number of ether oxygens (including phenoxy) is 1. The molecule has 2 saturated heterocycles. The van der Waals surface area contributed by atoms with Crippen LogP contribution in [0.4, 0.5) is 0 Å². The highest BCUT2D eigenvalue weighted by atomic mass is 127. The van der Waals surface area contributed by atoms with E-state index in [1.807, 2.05) is 19.2 Å². The minimum atomic E-state index is 0. The quantitative estimate of drug-likeness (QED) is 0.319. The van der Waals surface area contributed by atoms with Crippen molar-refractivity contribution in [2.45, 2.75) is 31.8 Å². The van der Waals surface area contributed by atoms with Gasteiger partial charge in [0.15, 0.2) is 5.96 Å². The highest BCUT2D eigenvalue weighted by Gasteiger charge is 2.24. The summed E-state index contributed by atoms with van der Waals surface area (Å²) in [6.07, 6.45) is 2.56. The normalized spacial score (nSPS) is 22.2. The van der Waals surface area contributed by atoms with Gasteiger partial charge in [-0.05, 0) is 43.6 Å². The number of benzene rings is 1. The molecule has 2 aliphatic rings. The van der Waals surface area contributed by atoms with Crippen LogP contribution in [0, 0.1) is 0 Å². The molecule has 6 nitrogen and oxygen atoms in total. The van der Waals surface area contributed by atoms with Crippen LogP contribution in [0.1, 0.15) is 31.4 Å². The van der Waals surface area contributed by atoms with Gasteiger partial charge in [-0.15, -0.1) is 24.0 Å². The molecule has 1 aromatic carbocycles. The largest absolute Gasteiger partial charge is 0.379 e. The fourth-order valence-corrected chi connectivity index (χ4v) is 4.33. The van der Waals surface area contributed by atoms with Gasteiger partial charge in [0.2, 0.25) is 0 Å². The average molecular weight is 536 g/mol. The number of halogens is 2. The van der Waals surface area contributed by atoms with Gasteiger partial charge in [0.1, 0.15) is 0 Å². The van der Waals surface area contributed by atoms with Crippen molar-refractivity contribution in [3.8, 4) is 0 Å². The summed E-state index contributed by atoms with van der Waals surface area (Å²) < 4.78 is 5.54. The number of likely N-dealkylation sites (tertiary alicyclic amines) is 1. The standard InChI is InChI=1S/C21H34ClN5O.HI/c1-3-26-10-4-5-19(26)15-24-21(23-2)25-16-20(27-11-13-28-14-12-27)17-6-8-18(22)9-7-17;/h6-9,19-20H,3-5,10-16H2,1-2H3,(H2,23,24,25);1H. The Kier molecular flexibility index (Phi) is 11.0. The molecule has 29 heavy (non-hydrogen) atoms. The highest BCUT2D eigenvalue weighted by Crippen LogP contribution is 2.23. The van der Waals surface area contributed by atoms with E-state index in [-0.39, 0.29) is 30.0 Å². The lowest BCUT2D eigenvalue weighted by Crippen LogP contribution is -2.48. The molecule has 164 valence electrons. The lowest BCUT2D eigenvalue weighted by molar-refractivity contribution is 0.0170. The van der Waals surface area contributed by atoms with Gasteiger partial charge in [-0.3, -0.25) is 14.8 Å². The Morgan fingerprint density at radius 1 is 1.21 bits per heavy atom. The van der Waals surface area contributed by atoms with Crippen molar-refractivity contribution in [3.63, 3.8) is 0 Å². The van der Waals surface area contributed by atoms with E-state index in [1.54, 1.807) is 0 Å². The average Bonchev–Trinajstić information content (AvgIpc) is 3.20. The van der Waals surface area contributed by atoms with Crippen molar-refractivity contribution in [1.29, 1.82) is 0 Å². The Morgan fingerprint density at radius 3 is 2.59 bits per heavy atom. The van der Waals surface area contributed by atoms with Crippen molar-refractivity contribution in [2.75, 3.05) is 59.5 Å². The Morgan fingerprint density at radius 2 is 1.93 bits per heavy atom. The van der Waals surface area contributed by atoms with Gasteiger partial charge in [0, 0.05) is 44.3 Å². The van der Waals surface area contributed by atoms with Crippen LogP contribution in [0.3, 0.4) is 0 Å². The number of aliphatic imine (C=N–C) groups is 1. The minimum Gasteiger partial charge on any atom is -0.379 e. The van der Waals surface area contributed by atoms with Gasteiger partial charge in [-0.25, -0.2) is 0 Å². The van der Waals surface area contributed by atoms with Crippen LogP contribution in [-0.4, -0.2) is 81.3 Å². The zero-order valence-electron chi connectivity index (χ0n) is 17.6. The van der Waals surface area contributed by atoms with Crippen LogP contribution < -0.4 is 10.6 Å². The van der Waals surface area contributed by atoms with Crippen molar-refractivity contribution in [1.82, 2.24) is 20.4 Å². The maximum atomic E-state index is 6.10. The molecule has 2 fully saturated rings. The van der Waals surface area contributed by atoms with E-state index in [0.717, 1.165) is 56.9 Å². The second-order valence-corrected chi connectivity index (χ2v) is 7.91. The second-order valence-electron chi connectivity index (χ2n) is 7.47. The third-order valence-corrected chi connectivity index (χ3v) is 6.09. The Balaban J connectivity index is 0.00000300. The van der Waals surface area contributed by atoms with E-state index in [4.69, 9.17) is 16.3 Å². The molecule has 2 unspecified atom stereocenters. The Labute approximate surface area is 197 Å². The molecule has 0 radical (unpaired) electrons. The lowest BCUT2D eigenvalue weighted by atomic mass is 10.0. The molecular weight excluding hydrogens is 501 g/mol. The first kappa shape index (κ1) is 24.7. The Hall–Kier alpha value is -0.610. The van der Waals surface area contributed by atoms with Gasteiger partial charge in [0.25, 0.3) is 0 Å². The maximum Gasteiger partial charge on any atom is 0.191 e. The van der Waals surface area contributed by atoms with E-state index in [2.05, 4.69) is 44.5 Å². The van der Waals surface area contributed by atoms with Gasteiger partial charge >= 0.3 is 0 Å². The third kappa shape index (κ3) is 7.24. The zero-order chi connectivity index (χ0) is 19.8. The number of nitrogens with one attached hydrogen (secondary N) is 2. The third-order valence-electron chi connectivity index (χ3n) is 5.84. The fourth-order valence-electron chi connectivity index (χ4n) is 4.20. The van der Waals surface area contributed by atoms with Gasteiger partial charge in [-0.2, -0.15) is 0 Å².